The van der Waals surface area contributed by atoms with Gasteiger partial charge in [-0.3, -0.25) is 0 Å². The van der Waals surface area contributed by atoms with E-state index in [9.17, 15) is 4.79 Å². The molecule has 1 aliphatic carbocycles. The number of nitrogens with zero attached hydrogens (tertiary/aromatic N) is 1. The van der Waals surface area contributed by atoms with Gasteiger partial charge in [-0.05, 0) is 55.7 Å². The summed E-state index contributed by atoms with van der Waals surface area (Å²) in [4.78, 5) is 15.5. The third-order valence-corrected chi connectivity index (χ3v) is 4.63. The molecule has 1 aromatic heterocycles. The van der Waals surface area contributed by atoms with Gasteiger partial charge in [0.25, 0.3) is 0 Å². The lowest BCUT2D eigenvalue weighted by atomic mass is 9.72. The largest absolute Gasteiger partial charge is 0.464 e. The minimum absolute atomic E-state index is 0.253. The first-order valence-electron chi connectivity index (χ1n) is 8.44. The number of esters is 1. The molecule has 3 nitrogen and oxygen atoms in total. The second-order valence-electron chi connectivity index (χ2n) is 7.12. The lowest BCUT2D eigenvalue weighted by Crippen LogP contribution is -2.19. The molecule has 0 amide bonds. The van der Waals surface area contributed by atoms with Crippen molar-refractivity contribution < 1.29 is 9.53 Å². The van der Waals surface area contributed by atoms with E-state index in [4.69, 9.17) is 0 Å². The fourth-order valence-corrected chi connectivity index (χ4v) is 3.25. The van der Waals surface area contributed by atoms with Crippen LogP contribution < -0.4 is 0 Å². The summed E-state index contributed by atoms with van der Waals surface area (Å²) < 4.78 is 4.66. The van der Waals surface area contributed by atoms with Crippen LogP contribution in [0.4, 0.5) is 0 Å². The van der Waals surface area contributed by atoms with E-state index in [0.29, 0.717) is 5.69 Å². The molecule has 128 valence electrons. The van der Waals surface area contributed by atoms with Gasteiger partial charge in [0.05, 0.1) is 7.11 Å². The molecule has 0 unspecified atom stereocenters. The molecule has 1 aliphatic rings. The van der Waals surface area contributed by atoms with Gasteiger partial charge in [-0.15, -0.1) is 0 Å². The van der Waals surface area contributed by atoms with E-state index in [1.807, 2.05) is 6.07 Å². The summed E-state index contributed by atoms with van der Waals surface area (Å²) in [6.45, 7) is 8.97. The summed E-state index contributed by atoms with van der Waals surface area (Å²) in [7, 11) is 1.36. The van der Waals surface area contributed by atoms with Crippen LogP contribution in [0.3, 0.4) is 0 Å². The molecular formula is C21H27NO2. The first kappa shape index (κ1) is 18.2. The molecule has 0 bridgehead atoms. The van der Waals surface area contributed by atoms with E-state index in [1.165, 1.54) is 37.5 Å². The summed E-state index contributed by atoms with van der Waals surface area (Å²) in [5.74, 6) is -0.413. The predicted octanol–water partition coefficient (Wildman–Crippen LogP) is 5.35. The zero-order chi connectivity index (χ0) is 17.7. The predicted molar refractivity (Wildman–Crippen MR) is 98.7 cm³/mol. The Morgan fingerprint density at radius 3 is 2.67 bits per heavy atom. The third-order valence-electron chi connectivity index (χ3n) is 4.63. The third kappa shape index (κ3) is 4.44. The van der Waals surface area contributed by atoms with Crippen molar-refractivity contribution in [1.82, 2.24) is 4.98 Å². The van der Waals surface area contributed by atoms with E-state index in [2.05, 4.69) is 55.6 Å². The number of carbonyl (C=O) groups excluding carboxylic acids is 1. The fourth-order valence-electron chi connectivity index (χ4n) is 3.25. The van der Waals surface area contributed by atoms with Crippen molar-refractivity contribution in [3.63, 3.8) is 0 Å². The highest BCUT2D eigenvalue weighted by Gasteiger charge is 2.26. The average molecular weight is 325 g/mol. The van der Waals surface area contributed by atoms with Gasteiger partial charge in [0, 0.05) is 6.20 Å². The Kier molecular flexibility index (Phi) is 5.76. The number of rotatable bonds is 4. The lowest BCUT2D eigenvalue weighted by Gasteiger charge is -2.32. The average Bonchev–Trinajstić information content (AvgIpc) is 2.53. The molecule has 24 heavy (non-hydrogen) atoms. The maximum absolute atomic E-state index is 11.4. The van der Waals surface area contributed by atoms with Crippen LogP contribution in [-0.2, 0) is 4.74 Å². The van der Waals surface area contributed by atoms with Gasteiger partial charge in [-0.2, -0.15) is 0 Å². The molecule has 0 N–H and O–H groups in total. The Hall–Kier alpha value is -2.16. The van der Waals surface area contributed by atoms with Crippen molar-refractivity contribution in [3.05, 3.63) is 58.5 Å². The number of carbonyl (C=O) groups is 1. The number of ether oxygens (including phenoxy) is 1. The molecule has 3 heteroatoms. The number of aromatic nitrogens is 1. The van der Waals surface area contributed by atoms with E-state index in [0.717, 1.165) is 11.1 Å². The molecule has 0 spiro atoms. The summed E-state index contributed by atoms with van der Waals surface area (Å²) in [5.41, 5.74) is 5.67. The van der Waals surface area contributed by atoms with E-state index in [-0.39, 0.29) is 5.41 Å². The second-order valence-corrected chi connectivity index (χ2v) is 7.12. The van der Waals surface area contributed by atoms with Crippen LogP contribution in [0.5, 0.6) is 0 Å². The fraction of sp³-hybridized carbons (Fsp3) is 0.429. The Morgan fingerprint density at radius 1 is 1.33 bits per heavy atom. The van der Waals surface area contributed by atoms with Crippen LogP contribution in [0.2, 0.25) is 0 Å². The first-order valence-corrected chi connectivity index (χ1v) is 8.44. The molecule has 1 heterocycles. The minimum Gasteiger partial charge on any atom is -0.464 e. The molecule has 0 radical (unpaired) electrons. The highest BCUT2D eigenvalue weighted by molar-refractivity contribution is 5.87. The maximum atomic E-state index is 11.4. The van der Waals surface area contributed by atoms with E-state index >= 15 is 0 Å². The van der Waals surface area contributed by atoms with Crippen molar-refractivity contribution in [1.29, 1.82) is 0 Å². The maximum Gasteiger partial charge on any atom is 0.356 e. The smallest absolute Gasteiger partial charge is 0.356 e. The van der Waals surface area contributed by atoms with Crippen LogP contribution in [0, 0.1) is 5.41 Å². The normalized spacial score (nSPS) is 18.1. The van der Waals surface area contributed by atoms with Crippen LogP contribution in [0.1, 0.15) is 63.0 Å². The van der Waals surface area contributed by atoms with Crippen molar-refractivity contribution in [3.8, 4) is 0 Å². The van der Waals surface area contributed by atoms with Crippen LogP contribution in [0.15, 0.2) is 47.2 Å². The van der Waals surface area contributed by atoms with Gasteiger partial charge in [-0.25, -0.2) is 9.78 Å². The van der Waals surface area contributed by atoms with Crippen molar-refractivity contribution in [2.75, 3.05) is 7.11 Å². The lowest BCUT2D eigenvalue weighted by molar-refractivity contribution is 0.0594. The van der Waals surface area contributed by atoms with E-state index in [1.54, 1.807) is 12.3 Å². The Morgan fingerprint density at radius 2 is 2.08 bits per heavy atom. The first-order chi connectivity index (χ1) is 11.3. The number of hydrogen-bond acceptors (Lipinski definition) is 3. The van der Waals surface area contributed by atoms with Crippen molar-refractivity contribution in [2.24, 2.45) is 5.41 Å². The number of hydrogen-bond donors (Lipinski definition) is 0. The van der Waals surface area contributed by atoms with Gasteiger partial charge in [0.15, 0.2) is 0 Å². The molecule has 0 aromatic carbocycles. The quantitative estimate of drug-likeness (QED) is 0.553. The molecular weight excluding hydrogens is 298 g/mol. The molecule has 0 saturated heterocycles. The zero-order valence-corrected chi connectivity index (χ0v) is 15.3. The summed E-state index contributed by atoms with van der Waals surface area (Å²) in [5, 5.41) is 0. The topological polar surface area (TPSA) is 39.2 Å². The van der Waals surface area contributed by atoms with Gasteiger partial charge in [0.2, 0.25) is 0 Å². The van der Waals surface area contributed by atoms with Crippen LogP contribution >= 0.6 is 0 Å². The van der Waals surface area contributed by atoms with Crippen molar-refractivity contribution in [2.45, 2.75) is 47.0 Å². The number of methoxy groups -OCH3 is 1. The Balaban J connectivity index is 2.15. The summed E-state index contributed by atoms with van der Waals surface area (Å²) in [6, 6.07) is 3.57. The van der Waals surface area contributed by atoms with Crippen molar-refractivity contribution >= 4 is 12.0 Å². The van der Waals surface area contributed by atoms with Gasteiger partial charge in [-0.1, -0.05) is 49.3 Å². The number of pyridine rings is 1. The van der Waals surface area contributed by atoms with E-state index < -0.39 is 5.97 Å². The standard InChI is InChI=1S/C21H27NO2/c1-15(8-10-18-16(2)7-6-12-21(18,3)4)13-17-9-11-19(22-14-17)20(23)24-5/h8-11,13-14H,6-7,12H2,1-5H3. The SMILES string of the molecule is COC(=O)c1ccc(C=C(C)C=CC2=C(C)CCCC2(C)C)cn1. The molecule has 1 aromatic rings. The van der Waals surface area contributed by atoms with Crippen LogP contribution in [-0.4, -0.2) is 18.1 Å². The molecule has 0 fully saturated rings. The summed E-state index contributed by atoms with van der Waals surface area (Å²) >= 11 is 0. The second kappa shape index (κ2) is 7.61. The molecule has 2 rings (SSSR count). The molecule has 0 aliphatic heterocycles. The zero-order valence-electron chi connectivity index (χ0n) is 15.3. The van der Waals surface area contributed by atoms with Gasteiger partial charge in [0.1, 0.15) is 5.69 Å². The minimum atomic E-state index is -0.413. The molecule has 0 atom stereocenters. The summed E-state index contributed by atoms with van der Waals surface area (Å²) in [6.07, 6.45) is 11.9. The Bertz CT molecular complexity index is 691. The highest BCUT2D eigenvalue weighted by Crippen LogP contribution is 2.40. The molecule has 0 saturated carbocycles. The highest BCUT2D eigenvalue weighted by atomic mass is 16.5. The monoisotopic (exact) mass is 325 g/mol. The van der Waals surface area contributed by atoms with Gasteiger partial charge >= 0.3 is 5.97 Å². The van der Waals surface area contributed by atoms with Crippen LogP contribution in [0.25, 0.3) is 6.08 Å². The van der Waals surface area contributed by atoms with Gasteiger partial charge < -0.3 is 4.74 Å². The Labute approximate surface area is 145 Å². The number of allylic oxidation sites excluding steroid dienone is 5.